The van der Waals surface area contributed by atoms with E-state index in [1.807, 2.05) is 6.92 Å². The van der Waals surface area contributed by atoms with Crippen molar-refractivity contribution in [3.8, 4) is 0 Å². The van der Waals surface area contributed by atoms with Gasteiger partial charge in [-0.25, -0.2) is 8.42 Å². The molecular weight excluding hydrogens is 258 g/mol. The molecule has 0 aromatic heterocycles. The van der Waals surface area contributed by atoms with E-state index in [1.54, 1.807) is 0 Å². The average molecular weight is 278 g/mol. The highest BCUT2D eigenvalue weighted by Crippen LogP contribution is 2.28. The van der Waals surface area contributed by atoms with Gasteiger partial charge in [-0.05, 0) is 25.7 Å². The van der Waals surface area contributed by atoms with E-state index in [9.17, 15) is 13.2 Å². The number of primary amides is 1. The lowest BCUT2D eigenvalue weighted by atomic mass is 9.94. The van der Waals surface area contributed by atoms with E-state index in [-0.39, 0.29) is 0 Å². The molecule has 1 rings (SSSR count). The standard InChI is InChI=1S/C11H20NO5S/c1-2-5-9(18(14)15)16-8-11(10(12)13)6-3-4-7-17-11/h8-9,18H,2-7H2,1H3,(H2,12,13). The molecule has 2 N–H and O–H groups in total. The summed E-state index contributed by atoms with van der Waals surface area (Å²) in [5, 5.41) is 0. The first kappa shape index (κ1) is 15.4. The van der Waals surface area contributed by atoms with Crippen LogP contribution in [-0.2, 0) is 25.0 Å². The van der Waals surface area contributed by atoms with Crippen molar-refractivity contribution in [2.75, 3.05) is 6.61 Å². The Morgan fingerprint density at radius 3 is 2.72 bits per heavy atom. The molecule has 1 aliphatic heterocycles. The van der Waals surface area contributed by atoms with Gasteiger partial charge in [0.1, 0.15) is 6.61 Å². The number of carbonyl (C=O) groups excluding carboxylic acids is 1. The zero-order valence-electron chi connectivity index (χ0n) is 10.5. The van der Waals surface area contributed by atoms with Gasteiger partial charge in [0.05, 0.1) is 0 Å². The van der Waals surface area contributed by atoms with Gasteiger partial charge in [0.15, 0.2) is 21.7 Å². The molecule has 1 aliphatic rings. The van der Waals surface area contributed by atoms with Crippen molar-refractivity contribution >= 4 is 16.6 Å². The number of rotatable bonds is 7. The SMILES string of the molecule is CCCC(O[CH]C1(C(N)=O)CCCCO1)[SH](=O)=O. The molecule has 18 heavy (non-hydrogen) atoms. The van der Waals surface area contributed by atoms with Crippen LogP contribution in [0, 0.1) is 6.61 Å². The lowest BCUT2D eigenvalue weighted by Crippen LogP contribution is -2.49. The first-order valence-electron chi connectivity index (χ1n) is 6.09. The second kappa shape index (κ2) is 7.06. The number of ether oxygens (including phenoxy) is 2. The Hall–Kier alpha value is -0.660. The molecule has 7 heteroatoms. The van der Waals surface area contributed by atoms with E-state index in [1.165, 1.54) is 6.61 Å². The van der Waals surface area contributed by atoms with Crippen molar-refractivity contribution in [3.63, 3.8) is 0 Å². The molecule has 2 unspecified atom stereocenters. The van der Waals surface area contributed by atoms with Crippen LogP contribution in [0.25, 0.3) is 0 Å². The number of hydrogen-bond acceptors (Lipinski definition) is 5. The van der Waals surface area contributed by atoms with Gasteiger partial charge >= 0.3 is 0 Å². The third kappa shape index (κ3) is 3.93. The van der Waals surface area contributed by atoms with Crippen LogP contribution < -0.4 is 5.73 Å². The minimum Gasteiger partial charge on any atom is -0.367 e. The Kier molecular flexibility index (Phi) is 6.04. The van der Waals surface area contributed by atoms with E-state index < -0.39 is 27.6 Å². The summed E-state index contributed by atoms with van der Waals surface area (Å²) >= 11 is 0. The van der Waals surface area contributed by atoms with Crippen LogP contribution in [0.4, 0.5) is 0 Å². The maximum absolute atomic E-state index is 11.5. The number of carbonyl (C=O) groups is 1. The monoisotopic (exact) mass is 278 g/mol. The summed E-state index contributed by atoms with van der Waals surface area (Å²) < 4.78 is 32.5. The molecule has 1 fully saturated rings. The molecule has 1 amide bonds. The van der Waals surface area contributed by atoms with Crippen LogP contribution in [0.5, 0.6) is 0 Å². The largest absolute Gasteiger partial charge is 0.367 e. The Bertz CT molecular complexity index is 341. The zero-order chi connectivity index (χ0) is 13.6. The molecule has 0 saturated carbocycles. The number of nitrogens with two attached hydrogens (primary N) is 1. The van der Waals surface area contributed by atoms with Gasteiger partial charge in [0.2, 0.25) is 0 Å². The van der Waals surface area contributed by atoms with E-state index in [0.29, 0.717) is 25.9 Å². The highest BCUT2D eigenvalue weighted by atomic mass is 32.2. The quantitative estimate of drug-likeness (QED) is 0.654. The molecule has 2 atom stereocenters. The highest BCUT2D eigenvalue weighted by Gasteiger charge is 2.41. The van der Waals surface area contributed by atoms with E-state index in [4.69, 9.17) is 15.2 Å². The smallest absolute Gasteiger partial charge is 0.252 e. The highest BCUT2D eigenvalue weighted by molar-refractivity contribution is 7.72. The fourth-order valence-electron chi connectivity index (χ4n) is 1.82. The van der Waals surface area contributed by atoms with Gasteiger partial charge in [0, 0.05) is 6.61 Å². The number of amides is 1. The molecule has 1 heterocycles. The fourth-order valence-corrected chi connectivity index (χ4v) is 2.45. The van der Waals surface area contributed by atoms with Gasteiger partial charge < -0.3 is 15.2 Å². The van der Waals surface area contributed by atoms with Crippen molar-refractivity contribution in [3.05, 3.63) is 6.61 Å². The molecule has 6 nitrogen and oxygen atoms in total. The molecule has 0 aliphatic carbocycles. The fraction of sp³-hybridized carbons (Fsp3) is 0.818. The zero-order valence-corrected chi connectivity index (χ0v) is 11.4. The van der Waals surface area contributed by atoms with Crippen molar-refractivity contribution in [1.29, 1.82) is 0 Å². The minimum atomic E-state index is -2.70. The summed E-state index contributed by atoms with van der Waals surface area (Å²) in [6.45, 7) is 3.45. The van der Waals surface area contributed by atoms with Gasteiger partial charge in [-0.3, -0.25) is 4.79 Å². The Morgan fingerprint density at radius 2 is 2.28 bits per heavy atom. The minimum absolute atomic E-state index is 0.379. The van der Waals surface area contributed by atoms with Crippen LogP contribution in [0.3, 0.4) is 0 Å². The van der Waals surface area contributed by atoms with Crippen molar-refractivity contribution < 1.29 is 22.7 Å². The second-order valence-corrected chi connectivity index (χ2v) is 5.49. The first-order chi connectivity index (χ1) is 8.52. The summed E-state index contributed by atoms with van der Waals surface area (Å²) in [7, 11) is -2.70. The second-order valence-electron chi connectivity index (χ2n) is 4.34. The summed E-state index contributed by atoms with van der Waals surface area (Å²) in [5.74, 6) is -0.640. The maximum atomic E-state index is 11.5. The van der Waals surface area contributed by atoms with Crippen LogP contribution in [-0.4, -0.2) is 32.0 Å². The molecule has 1 radical (unpaired) electrons. The van der Waals surface area contributed by atoms with E-state index in [0.717, 1.165) is 12.8 Å². The van der Waals surface area contributed by atoms with E-state index in [2.05, 4.69) is 0 Å². The molecular formula is C11H20NO5S. The maximum Gasteiger partial charge on any atom is 0.252 e. The average Bonchev–Trinajstić information content (AvgIpc) is 2.35. The van der Waals surface area contributed by atoms with Gasteiger partial charge in [-0.2, -0.15) is 0 Å². The van der Waals surface area contributed by atoms with Gasteiger partial charge in [-0.1, -0.05) is 13.3 Å². The van der Waals surface area contributed by atoms with Crippen molar-refractivity contribution in [1.82, 2.24) is 0 Å². The van der Waals surface area contributed by atoms with Crippen molar-refractivity contribution in [2.24, 2.45) is 5.73 Å². The molecule has 1 saturated heterocycles. The third-order valence-electron chi connectivity index (χ3n) is 2.91. The summed E-state index contributed by atoms with van der Waals surface area (Å²) in [6, 6.07) is 0. The topological polar surface area (TPSA) is 95.7 Å². The normalized spacial score (nSPS) is 26.1. The Morgan fingerprint density at radius 1 is 1.56 bits per heavy atom. The summed E-state index contributed by atoms with van der Waals surface area (Å²) in [5.41, 5.74) is 3.11. The molecule has 0 aromatic carbocycles. The number of hydrogen-bond donors (Lipinski definition) is 2. The van der Waals surface area contributed by atoms with Gasteiger partial charge in [0.25, 0.3) is 5.91 Å². The summed E-state index contributed by atoms with van der Waals surface area (Å²) in [6.07, 6.45) is 3.13. The molecule has 0 aromatic rings. The predicted molar refractivity (Wildman–Crippen MR) is 66.1 cm³/mol. The van der Waals surface area contributed by atoms with Gasteiger partial charge in [-0.15, -0.1) is 0 Å². The van der Waals surface area contributed by atoms with E-state index >= 15 is 0 Å². The lowest BCUT2D eigenvalue weighted by molar-refractivity contribution is -0.152. The van der Waals surface area contributed by atoms with Crippen LogP contribution in [0.15, 0.2) is 0 Å². The Balaban J connectivity index is 2.63. The Labute approximate surface area is 109 Å². The first-order valence-corrected chi connectivity index (χ1v) is 7.33. The van der Waals surface area contributed by atoms with Crippen molar-refractivity contribution in [2.45, 2.75) is 50.1 Å². The molecule has 105 valence electrons. The number of thiol groups is 1. The van der Waals surface area contributed by atoms with Crippen LogP contribution in [0.2, 0.25) is 0 Å². The molecule has 0 spiro atoms. The van der Waals surface area contributed by atoms with Crippen LogP contribution in [0.1, 0.15) is 39.0 Å². The molecule has 0 bridgehead atoms. The predicted octanol–water partition coefficient (Wildman–Crippen LogP) is 0.327. The third-order valence-corrected chi connectivity index (χ3v) is 3.76. The summed E-state index contributed by atoms with van der Waals surface area (Å²) in [4.78, 5) is 11.5. The lowest BCUT2D eigenvalue weighted by Gasteiger charge is -2.34. The van der Waals surface area contributed by atoms with Crippen LogP contribution >= 0.6 is 0 Å².